The van der Waals surface area contributed by atoms with E-state index in [4.69, 9.17) is 14.2 Å². The molecule has 1 aromatic heterocycles. The van der Waals surface area contributed by atoms with Gasteiger partial charge in [0.1, 0.15) is 11.7 Å². The minimum atomic E-state index is -1.45. The van der Waals surface area contributed by atoms with Crippen LogP contribution in [0.5, 0.6) is 0 Å². The van der Waals surface area contributed by atoms with Crippen molar-refractivity contribution in [3.63, 3.8) is 0 Å². The summed E-state index contributed by atoms with van der Waals surface area (Å²) in [7, 11) is 0. The molecule has 0 saturated carbocycles. The molecule has 3 rings (SSSR count). The number of rotatable bonds is 5. The molecule has 0 aromatic carbocycles. The zero-order chi connectivity index (χ0) is 28.4. The number of hydrogen-bond donors (Lipinski definition) is 2. The predicted octanol–water partition coefficient (Wildman–Crippen LogP) is 3.92. The Balaban J connectivity index is 1.81. The van der Waals surface area contributed by atoms with Gasteiger partial charge in [0.05, 0.1) is 25.7 Å². The Hall–Kier alpha value is -3.01. The second kappa shape index (κ2) is 14.4. The van der Waals surface area contributed by atoms with Gasteiger partial charge < -0.3 is 29.3 Å². The van der Waals surface area contributed by atoms with Crippen LogP contribution in [0.2, 0.25) is 0 Å². The number of hydrogen-bond acceptors (Lipinski definition) is 8. The topological polar surface area (TPSA) is 118 Å². The molecule has 0 spiro atoms. The van der Waals surface area contributed by atoms with Crippen LogP contribution in [0.4, 0.5) is 4.79 Å². The predicted molar refractivity (Wildman–Crippen MR) is 147 cm³/mol. The molecule has 1 aromatic rings. The summed E-state index contributed by atoms with van der Waals surface area (Å²) in [5.41, 5.74) is 0.310. The highest BCUT2D eigenvalue weighted by atomic mass is 16.6. The van der Waals surface area contributed by atoms with Gasteiger partial charge in [0.25, 0.3) is 0 Å². The Kier molecular flexibility index (Phi) is 11.3. The SMILES string of the molecule is C/C(=C\C=C\C(C)c1ccccn1)[C@H]1OC(=O)C[C@@H](O)CC[C@](C)(O)[C@@H](OC(=O)N2CCOCC2)/C=C/[C@@H]1C. The van der Waals surface area contributed by atoms with Crippen LogP contribution >= 0.6 is 0 Å². The number of esters is 1. The molecule has 0 bridgehead atoms. The van der Waals surface area contributed by atoms with Crippen molar-refractivity contribution >= 4 is 12.1 Å². The highest BCUT2D eigenvalue weighted by Gasteiger charge is 2.36. The van der Waals surface area contributed by atoms with E-state index in [9.17, 15) is 19.8 Å². The number of carbonyl (C=O) groups excluding carboxylic acids is 2. The monoisotopic (exact) mass is 542 g/mol. The summed E-state index contributed by atoms with van der Waals surface area (Å²) < 4.78 is 16.9. The van der Waals surface area contributed by atoms with E-state index in [1.54, 1.807) is 30.2 Å². The van der Waals surface area contributed by atoms with Gasteiger partial charge in [-0.1, -0.05) is 44.2 Å². The molecule has 0 aliphatic carbocycles. The zero-order valence-corrected chi connectivity index (χ0v) is 23.4. The van der Waals surface area contributed by atoms with Gasteiger partial charge in [0, 0.05) is 36.8 Å². The highest BCUT2D eigenvalue weighted by Crippen LogP contribution is 2.27. The van der Waals surface area contributed by atoms with Crippen molar-refractivity contribution in [1.82, 2.24) is 9.88 Å². The second-order valence-electron chi connectivity index (χ2n) is 10.7. The molecule has 0 radical (unpaired) electrons. The summed E-state index contributed by atoms with van der Waals surface area (Å²) in [5.74, 6) is -0.712. The fourth-order valence-electron chi connectivity index (χ4n) is 4.59. The van der Waals surface area contributed by atoms with Crippen LogP contribution in [0.1, 0.15) is 58.6 Å². The number of nitrogens with zero attached hydrogens (tertiary/aromatic N) is 2. The Labute approximate surface area is 231 Å². The van der Waals surface area contributed by atoms with E-state index in [0.717, 1.165) is 11.3 Å². The van der Waals surface area contributed by atoms with Crippen LogP contribution in [0.25, 0.3) is 0 Å². The first-order valence-corrected chi connectivity index (χ1v) is 13.6. The number of aromatic nitrogens is 1. The molecule has 1 fully saturated rings. The van der Waals surface area contributed by atoms with Crippen molar-refractivity contribution in [2.24, 2.45) is 5.92 Å². The van der Waals surface area contributed by atoms with E-state index in [1.807, 2.05) is 50.3 Å². The van der Waals surface area contributed by atoms with Crippen molar-refractivity contribution in [3.8, 4) is 0 Å². The molecular weight excluding hydrogens is 500 g/mol. The molecule has 3 heterocycles. The van der Waals surface area contributed by atoms with Crippen LogP contribution in [-0.4, -0.2) is 82.4 Å². The number of amides is 1. The summed E-state index contributed by atoms with van der Waals surface area (Å²) in [6, 6.07) is 5.79. The average molecular weight is 543 g/mol. The first-order chi connectivity index (χ1) is 18.6. The maximum absolute atomic E-state index is 12.8. The van der Waals surface area contributed by atoms with Crippen molar-refractivity contribution in [2.75, 3.05) is 26.3 Å². The summed E-state index contributed by atoms with van der Waals surface area (Å²) in [5, 5.41) is 21.7. The van der Waals surface area contributed by atoms with Gasteiger partial charge >= 0.3 is 12.1 Å². The van der Waals surface area contributed by atoms with Gasteiger partial charge in [0.15, 0.2) is 6.10 Å². The van der Waals surface area contributed by atoms with Crippen LogP contribution in [0, 0.1) is 5.92 Å². The van der Waals surface area contributed by atoms with Crippen LogP contribution < -0.4 is 0 Å². The Morgan fingerprint density at radius 3 is 2.72 bits per heavy atom. The van der Waals surface area contributed by atoms with Crippen LogP contribution in [0.3, 0.4) is 0 Å². The number of morpholine rings is 1. The van der Waals surface area contributed by atoms with Gasteiger partial charge in [-0.2, -0.15) is 0 Å². The molecule has 1 unspecified atom stereocenters. The summed E-state index contributed by atoms with van der Waals surface area (Å²) in [6.07, 6.45) is 8.04. The third kappa shape index (κ3) is 9.30. The number of ether oxygens (including phenoxy) is 3. The first-order valence-electron chi connectivity index (χ1n) is 13.6. The minimum Gasteiger partial charge on any atom is -0.457 e. The maximum atomic E-state index is 12.8. The number of aliphatic hydroxyl groups is 2. The maximum Gasteiger partial charge on any atom is 0.410 e. The highest BCUT2D eigenvalue weighted by molar-refractivity contribution is 5.70. The van der Waals surface area contributed by atoms with Crippen LogP contribution in [0.15, 0.2) is 60.3 Å². The standard InChI is InChI=1S/C30H42N2O7/c1-21(25-10-5-6-15-31-25)8-7-9-22(2)28-23(3)11-12-26(38-29(35)32-16-18-37-19-17-32)30(4,36)14-13-24(33)20-27(34)39-28/h5-12,15,21,23-24,26,28,33,36H,13-14,16-20H2,1-4H3/b8-7+,12-11+,22-9+/t21?,23-,24-,26-,28+,30-/m0/s1. The molecule has 1 amide bonds. The molecule has 1 saturated heterocycles. The lowest BCUT2D eigenvalue weighted by Gasteiger charge is -2.35. The van der Waals surface area contributed by atoms with Crippen molar-refractivity contribution in [1.29, 1.82) is 0 Å². The Morgan fingerprint density at radius 1 is 1.28 bits per heavy atom. The van der Waals surface area contributed by atoms with Gasteiger partial charge in [-0.3, -0.25) is 9.78 Å². The number of aliphatic hydroxyl groups excluding tert-OH is 1. The van der Waals surface area contributed by atoms with Gasteiger partial charge in [-0.15, -0.1) is 0 Å². The molecule has 9 heteroatoms. The third-order valence-electron chi connectivity index (χ3n) is 7.18. The Bertz CT molecular complexity index is 1030. The van der Waals surface area contributed by atoms with E-state index in [1.165, 1.54) is 0 Å². The lowest BCUT2D eigenvalue weighted by atomic mass is 9.88. The van der Waals surface area contributed by atoms with Gasteiger partial charge in [-0.25, -0.2) is 4.79 Å². The molecule has 214 valence electrons. The molecular formula is C30H42N2O7. The van der Waals surface area contributed by atoms with E-state index >= 15 is 0 Å². The minimum absolute atomic E-state index is 0.103. The third-order valence-corrected chi connectivity index (χ3v) is 7.18. The smallest absolute Gasteiger partial charge is 0.410 e. The molecule has 2 aliphatic heterocycles. The second-order valence-corrected chi connectivity index (χ2v) is 10.7. The number of cyclic esters (lactones) is 1. The lowest BCUT2D eigenvalue weighted by molar-refractivity contribution is -0.151. The van der Waals surface area contributed by atoms with E-state index in [-0.39, 0.29) is 31.1 Å². The van der Waals surface area contributed by atoms with E-state index in [0.29, 0.717) is 26.3 Å². The van der Waals surface area contributed by atoms with E-state index < -0.39 is 36.0 Å². The largest absolute Gasteiger partial charge is 0.457 e. The molecule has 2 aliphatic rings. The normalized spacial score (nSPS) is 31.1. The van der Waals surface area contributed by atoms with Crippen LogP contribution in [-0.2, 0) is 19.0 Å². The first kappa shape index (κ1) is 30.5. The van der Waals surface area contributed by atoms with Gasteiger partial charge in [-0.05, 0) is 50.5 Å². The summed E-state index contributed by atoms with van der Waals surface area (Å²) >= 11 is 0. The Morgan fingerprint density at radius 2 is 2.03 bits per heavy atom. The number of carbonyl (C=O) groups is 2. The quantitative estimate of drug-likeness (QED) is 0.327. The van der Waals surface area contributed by atoms with Crippen molar-refractivity contribution in [3.05, 3.63) is 66.0 Å². The molecule has 9 nitrogen and oxygen atoms in total. The zero-order valence-electron chi connectivity index (χ0n) is 23.4. The number of allylic oxidation sites excluding steroid dienone is 3. The molecule has 6 atom stereocenters. The van der Waals surface area contributed by atoms with E-state index in [2.05, 4.69) is 11.9 Å². The fraction of sp³-hybridized carbons (Fsp3) is 0.567. The lowest BCUT2D eigenvalue weighted by Crippen LogP contribution is -2.47. The fourth-order valence-corrected chi connectivity index (χ4v) is 4.59. The van der Waals surface area contributed by atoms with Crippen molar-refractivity contribution in [2.45, 2.75) is 76.8 Å². The summed E-state index contributed by atoms with van der Waals surface area (Å²) in [6.45, 7) is 9.10. The van der Waals surface area contributed by atoms with Gasteiger partial charge in [0.2, 0.25) is 0 Å². The molecule has 2 N–H and O–H groups in total. The van der Waals surface area contributed by atoms with Crippen molar-refractivity contribution < 1.29 is 34.0 Å². The summed E-state index contributed by atoms with van der Waals surface area (Å²) in [4.78, 5) is 31.4. The number of pyridine rings is 1. The average Bonchev–Trinajstić information content (AvgIpc) is 2.92. The molecule has 39 heavy (non-hydrogen) atoms.